The van der Waals surface area contributed by atoms with Crippen LogP contribution in [0, 0.1) is 0 Å². The van der Waals surface area contributed by atoms with Gasteiger partial charge in [0.2, 0.25) is 5.91 Å². The molecule has 4 nitrogen and oxygen atoms in total. The number of nitrogens with one attached hydrogen (secondary N) is 1. The van der Waals surface area contributed by atoms with Crippen LogP contribution in [0.25, 0.3) is 0 Å². The minimum Gasteiger partial charge on any atom is -0.380 e. The Balaban J connectivity index is 2.14. The molecule has 1 aliphatic heterocycles. The predicted octanol–water partition coefficient (Wildman–Crippen LogP) is 0.623. The van der Waals surface area contributed by atoms with E-state index in [1.54, 1.807) is 0 Å². The zero-order valence-electron chi connectivity index (χ0n) is 9.79. The van der Waals surface area contributed by atoms with Crippen molar-refractivity contribution in [1.29, 1.82) is 0 Å². The molecule has 1 N–H and O–H groups in total. The van der Waals surface area contributed by atoms with Gasteiger partial charge in [0.1, 0.15) is 0 Å². The van der Waals surface area contributed by atoms with Crippen LogP contribution in [0.4, 0.5) is 0 Å². The highest BCUT2D eigenvalue weighted by Gasteiger charge is 2.22. The number of amides is 1. The molecule has 1 heterocycles. The van der Waals surface area contributed by atoms with Crippen molar-refractivity contribution in [3.8, 4) is 0 Å². The van der Waals surface area contributed by atoms with E-state index in [1.807, 2.05) is 18.7 Å². The first kappa shape index (κ1) is 12.5. The third kappa shape index (κ3) is 4.18. The number of ether oxygens (including phenoxy) is 1. The first-order chi connectivity index (χ1) is 7.25. The van der Waals surface area contributed by atoms with E-state index in [0.29, 0.717) is 6.61 Å². The molecular formula is C11H22N2O2. The van der Waals surface area contributed by atoms with Crippen LogP contribution in [0.15, 0.2) is 0 Å². The van der Waals surface area contributed by atoms with E-state index >= 15 is 0 Å². The van der Waals surface area contributed by atoms with Crippen molar-refractivity contribution >= 4 is 5.91 Å². The summed E-state index contributed by atoms with van der Waals surface area (Å²) in [6.45, 7) is 7.90. The third-order valence-electron chi connectivity index (χ3n) is 2.69. The smallest absolute Gasteiger partial charge is 0.239 e. The number of hydrogen-bond acceptors (Lipinski definition) is 3. The molecule has 1 rings (SSSR count). The normalized spacial score (nSPS) is 18.1. The summed E-state index contributed by atoms with van der Waals surface area (Å²) in [5.41, 5.74) is 0. The van der Waals surface area contributed by atoms with Gasteiger partial charge >= 0.3 is 0 Å². The Labute approximate surface area is 92.0 Å². The van der Waals surface area contributed by atoms with Crippen LogP contribution in [0.3, 0.4) is 0 Å². The van der Waals surface area contributed by atoms with Crippen molar-refractivity contribution in [1.82, 2.24) is 10.2 Å². The lowest BCUT2D eigenvalue weighted by atomic mass is 10.3. The lowest BCUT2D eigenvalue weighted by molar-refractivity contribution is -0.131. The maximum absolute atomic E-state index is 11.8. The van der Waals surface area contributed by atoms with E-state index < -0.39 is 0 Å². The average molecular weight is 214 g/mol. The summed E-state index contributed by atoms with van der Waals surface area (Å²) in [4.78, 5) is 13.8. The van der Waals surface area contributed by atoms with Gasteiger partial charge in [-0.2, -0.15) is 0 Å². The highest BCUT2D eigenvalue weighted by atomic mass is 16.5. The van der Waals surface area contributed by atoms with Crippen LogP contribution in [0.1, 0.15) is 26.7 Å². The molecular weight excluding hydrogens is 192 g/mol. The standard InChI is InChI=1S/C11H22N2O2/c1-3-15-9-6-12-10(2)11(14)13-7-4-5-8-13/h10,12H,3-9H2,1-2H3. The van der Waals surface area contributed by atoms with E-state index in [-0.39, 0.29) is 11.9 Å². The quantitative estimate of drug-likeness (QED) is 0.659. The number of likely N-dealkylation sites (tertiary alicyclic amines) is 1. The highest BCUT2D eigenvalue weighted by Crippen LogP contribution is 2.08. The second-order valence-electron chi connectivity index (χ2n) is 3.91. The summed E-state index contributed by atoms with van der Waals surface area (Å²) < 4.78 is 5.20. The number of nitrogens with zero attached hydrogens (tertiary/aromatic N) is 1. The fourth-order valence-electron chi connectivity index (χ4n) is 1.79. The molecule has 15 heavy (non-hydrogen) atoms. The highest BCUT2D eigenvalue weighted by molar-refractivity contribution is 5.81. The molecule has 0 aromatic heterocycles. The lowest BCUT2D eigenvalue weighted by Crippen LogP contribution is -2.44. The molecule has 0 saturated carbocycles. The topological polar surface area (TPSA) is 41.6 Å². The van der Waals surface area contributed by atoms with Crippen molar-refractivity contribution < 1.29 is 9.53 Å². The van der Waals surface area contributed by atoms with Gasteiger partial charge < -0.3 is 15.0 Å². The van der Waals surface area contributed by atoms with Gasteiger partial charge in [0.25, 0.3) is 0 Å². The molecule has 1 atom stereocenters. The van der Waals surface area contributed by atoms with Crippen LogP contribution in [0.2, 0.25) is 0 Å². The van der Waals surface area contributed by atoms with Crippen molar-refractivity contribution in [2.24, 2.45) is 0 Å². The second kappa shape index (κ2) is 6.80. The summed E-state index contributed by atoms with van der Waals surface area (Å²) in [6, 6.07) is -0.0800. The Bertz CT molecular complexity index is 191. The number of rotatable bonds is 6. The Hall–Kier alpha value is -0.610. The molecule has 1 amide bonds. The van der Waals surface area contributed by atoms with Gasteiger partial charge in [-0.15, -0.1) is 0 Å². The molecule has 0 aliphatic carbocycles. The minimum atomic E-state index is -0.0800. The minimum absolute atomic E-state index is 0.0800. The fraction of sp³-hybridized carbons (Fsp3) is 0.909. The van der Waals surface area contributed by atoms with E-state index in [4.69, 9.17) is 4.74 Å². The van der Waals surface area contributed by atoms with Gasteiger partial charge in [0.15, 0.2) is 0 Å². The molecule has 1 fully saturated rings. The Morgan fingerprint density at radius 1 is 1.47 bits per heavy atom. The van der Waals surface area contributed by atoms with E-state index in [0.717, 1.165) is 39.1 Å². The molecule has 0 bridgehead atoms. The molecule has 88 valence electrons. The lowest BCUT2D eigenvalue weighted by Gasteiger charge is -2.21. The van der Waals surface area contributed by atoms with Gasteiger partial charge in [-0.3, -0.25) is 4.79 Å². The Morgan fingerprint density at radius 3 is 2.73 bits per heavy atom. The van der Waals surface area contributed by atoms with Gasteiger partial charge in [-0.05, 0) is 26.7 Å². The SMILES string of the molecule is CCOCCNC(C)C(=O)N1CCCC1. The fourth-order valence-corrected chi connectivity index (χ4v) is 1.79. The molecule has 0 aromatic carbocycles. The average Bonchev–Trinajstić information content (AvgIpc) is 2.76. The van der Waals surface area contributed by atoms with Crippen LogP contribution < -0.4 is 5.32 Å². The number of carbonyl (C=O) groups excluding carboxylic acids is 1. The summed E-state index contributed by atoms with van der Waals surface area (Å²) in [6.07, 6.45) is 2.30. The zero-order chi connectivity index (χ0) is 11.1. The van der Waals surface area contributed by atoms with Gasteiger partial charge in [-0.25, -0.2) is 0 Å². The van der Waals surface area contributed by atoms with Crippen LogP contribution in [0.5, 0.6) is 0 Å². The monoisotopic (exact) mass is 214 g/mol. The van der Waals surface area contributed by atoms with E-state index in [1.165, 1.54) is 0 Å². The van der Waals surface area contributed by atoms with Gasteiger partial charge in [-0.1, -0.05) is 0 Å². The Kier molecular flexibility index (Phi) is 5.65. The van der Waals surface area contributed by atoms with Crippen molar-refractivity contribution in [2.75, 3.05) is 32.8 Å². The summed E-state index contributed by atoms with van der Waals surface area (Å²) >= 11 is 0. The largest absolute Gasteiger partial charge is 0.380 e. The molecule has 1 saturated heterocycles. The number of carbonyl (C=O) groups is 1. The molecule has 0 radical (unpaired) electrons. The van der Waals surface area contributed by atoms with Gasteiger partial charge in [0.05, 0.1) is 12.6 Å². The summed E-state index contributed by atoms with van der Waals surface area (Å²) in [5, 5.41) is 3.18. The van der Waals surface area contributed by atoms with Crippen LogP contribution in [-0.2, 0) is 9.53 Å². The van der Waals surface area contributed by atoms with Crippen molar-refractivity contribution in [3.63, 3.8) is 0 Å². The van der Waals surface area contributed by atoms with Crippen LogP contribution >= 0.6 is 0 Å². The molecule has 4 heteroatoms. The predicted molar refractivity (Wildman–Crippen MR) is 59.8 cm³/mol. The molecule has 1 unspecified atom stereocenters. The number of hydrogen-bond donors (Lipinski definition) is 1. The maximum atomic E-state index is 11.8. The van der Waals surface area contributed by atoms with E-state index in [9.17, 15) is 4.79 Å². The second-order valence-corrected chi connectivity index (χ2v) is 3.91. The maximum Gasteiger partial charge on any atom is 0.239 e. The summed E-state index contributed by atoms with van der Waals surface area (Å²) in [5.74, 6) is 0.226. The molecule has 0 aromatic rings. The molecule has 1 aliphatic rings. The van der Waals surface area contributed by atoms with Crippen molar-refractivity contribution in [2.45, 2.75) is 32.7 Å². The summed E-state index contributed by atoms with van der Waals surface area (Å²) in [7, 11) is 0. The zero-order valence-corrected chi connectivity index (χ0v) is 9.79. The van der Waals surface area contributed by atoms with Gasteiger partial charge in [0, 0.05) is 26.2 Å². The van der Waals surface area contributed by atoms with Crippen LogP contribution in [-0.4, -0.2) is 49.7 Å². The first-order valence-corrected chi connectivity index (χ1v) is 5.85. The molecule has 0 spiro atoms. The van der Waals surface area contributed by atoms with E-state index in [2.05, 4.69) is 5.32 Å². The first-order valence-electron chi connectivity index (χ1n) is 5.85. The Morgan fingerprint density at radius 2 is 2.13 bits per heavy atom. The third-order valence-corrected chi connectivity index (χ3v) is 2.69. The van der Waals surface area contributed by atoms with Crippen molar-refractivity contribution in [3.05, 3.63) is 0 Å².